The van der Waals surface area contributed by atoms with Crippen molar-refractivity contribution in [2.45, 2.75) is 12.8 Å². The molecule has 3 aromatic rings. The van der Waals surface area contributed by atoms with E-state index in [-0.39, 0.29) is 12.1 Å². The highest BCUT2D eigenvalue weighted by Crippen LogP contribution is 2.37. The maximum absolute atomic E-state index is 13.0. The number of halogens is 3. The summed E-state index contributed by atoms with van der Waals surface area (Å²) in [4.78, 5) is 0. The van der Waals surface area contributed by atoms with Gasteiger partial charge in [-0.1, -0.05) is 0 Å². The van der Waals surface area contributed by atoms with Gasteiger partial charge in [0.05, 0.1) is 29.6 Å². The van der Waals surface area contributed by atoms with Gasteiger partial charge >= 0.3 is 6.18 Å². The van der Waals surface area contributed by atoms with E-state index in [1.807, 2.05) is 0 Å². The molecule has 0 radical (unpaired) electrons. The van der Waals surface area contributed by atoms with Crippen LogP contribution in [0.3, 0.4) is 0 Å². The third kappa shape index (κ3) is 2.27. The summed E-state index contributed by atoms with van der Waals surface area (Å²) in [5, 5.41) is 20.3. The molecule has 0 aliphatic carbocycles. The minimum atomic E-state index is -4.46. The van der Waals surface area contributed by atoms with Gasteiger partial charge in [0.1, 0.15) is 0 Å². The first kappa shape index (κ1) is 13.6. The second-order valence-electron chi connectivity index (χ2n) is 4.67. The van der Waals surface area contributed by atoms with Crippen LogP contribution in [-0.2, 0) is 19.8 Å². The Labute approximate surface area is 117 Å². The standard InChI is InChI=1S/C13H11F3N4O/c1-20-5-10(12(6-21)19-20)8-2-7(13(14,15)16)3-11-9(8)4-17-18-11/h2-5,21H,6H2,1H3,(H,17,18). The van der Waals surface area contributed by atoms with Crippen LogP contribution in [0.15, 0.2) is 24.5 Å². The van der Waals surface area contributed by atoms with Crippen LogP contribution in [0.25, 0.3) is 22.0 Å². The Morgan fingerprint density at radius 1 is 1.29 bits per heavy atom. The van der Waals surface area contributed by atoms with Crippen LogP contribution in [0.1, 0.15) is 11.3 Å². The van der Waals surface area contributed by atoms with E-state index in [1.54, 1.807) is 13.2 Å². The predicted molar refractivity (Wildman–Crippen MR) is 69.2 cm³/mol. The van der Waals surface area contributed by atoms with Gasteiger partial charge in [-0.25, -0.2) is 0 Å². The van der Waals surface area contributed by atoms with Crippen molar-refractivity contribution in [3.8, 4) is 11.1 Å². The van der Waals surface area contributed by atoms with Crippen LogP contribution in [0.4, 0.5) is 13.2 Å². The molecule has 5 nitrogen and oxygen atoms in total. The van der Waals surface area contributed by atoms with E-state index in [1.165, 1.54) is 10.9 Å². The van der Waals surface area contributed by atoms with Crippen molar-refractivity contribution in [1.82, 2.24) is 20.0 Å². The number of hydrogen-bond donors (Lipinski definition) is 2. The maximum atomic E-state index is 13.0. The Morgan fingerprint density at radius 2 is 2.05 bits per heavy atom. The number of nitrogens with zero attached hydrogens (tertiary/aromatic N) is 3. The lowest BCUT2D eigenvalue weighted by molar-refractivity contribution is -0.137. The number of aromatic nitrogens is 4. The Kier molecular flexibility index (Phi) is 2.98. The number of alkyl halides is 3. The van der Waals surface area contributed by atoms with Crippen LogP contribution in [-0.4, -0.2) is 25.1 Å². The quantitative estimate of drug-likeness (QED) is 0.763. The van der Waals surface area contributed by atoms with E-state index in [4.69, 9.17) is 0 Å². The fourth-order valence-electron chi connectivity index (χ4n) is 2.31. The van der Waals surface area contributed by atoms with Gasteiger partial charge in [0.15, 0.2) is 0 Å². The summed E-state index contributed by atoms with van der Waals surface area (Å²) in [6.45, 7) is -0.355. The van der Waals surface area contributed by atoms with Gasteiger partial charge in [0.2, 0.25) is 0 Å². The molecule has 110 valence electrons. The number of benzene rings is 1. The fourth-order valence-corrected chi connectivity index (χ4v) is 2.31. The second-order valence-corrected chi connectivity index (χ2v) is 4.67. The summed E-state index contributed by atoms with van der Waals surface area (Å²) < 4.78 is 40.5. The number of rotatable bonds is 2. The number of nitrogens with one attached hydrogen (secondary N) is 1. The summed E-state index contributed by atoms with van der Waals surface area (Å²) in [5.74, 6) is 0. The molecule has 2 heterocycles. The molecule has 0 atom stereocenters. The zero-order valence-electron chi connectivity index (χ0n) is 10.9. The van der Waals surface area contributed by atoms with E-state index in [2.05, 4.69) is 15.3 Å². The molecule has 0 aliphatic rings. The molecule has 3 rings (SSSR count). The van der Waals surface area contributed by atoms with Crippen LogP contribution in [0, 0.1) is 0 Å². The second kappa shape index (κ2) is 4.59. The molecule has 0 unspecified atom stereocenters. The Hall–Kier alpha value is -2.35. The van der Waals surface area contributed by atoms with Gasteiger partial charge < -0.3 is 5.11 Å². The largest absolute Gasteiger partial charge is 0.416 e. The van der Waals surface area contributed by atoms with Crippen molar-refractivity contribution >= 4 is 10.9 Å². The van der Waals surface area contributed by atoms with E-state index < -0.39 is 11.7 Å². The topological polar surface area (TPSA) is 66.7 Å². The van der Waals surface area contributed by atoms with Crippen molar-refractivity contribution in [3.63, 3.8) is 0 Å². The van der Waals surface area contributed by atoms with Crippen LogP contribution >= 0.6 is 0 Å². The van der Waals surface area contributed by atoms with Crippen molar-refractivity contribution < 1.29 is 18.3 Å². The first-order chi connectivity index (χ1) is 9.90. The number of aryl methyl sites for hydroxylation is 1. The number of hydrogen-bond acceptors (Lipinski definition) is 3. The van der Waals surface area contributed by atoms with Gasteiger partial charge in [-0.05, 0) is 17.7 Å². The molecule has 1 aromatic carbocycles. The zero-order valence-corrected chi connectivity index (χ0v) is 10.9. The highest BCUT2D eigenvalue weighted by molar-refractivity contribution is 5.95. The van der Waals surface area contributed by atoms with E-state index >= 15 is 0 Å². The smallest absolute Gasteiger partial charge is 0.390 e. The highest BCUT2D eigenvalue weighted by Gasteiger charge is 2.32. The number of H-pyrrole nitrogens is 1. The summed E-state index contributed by atoms with van der Waals surface area (Å²) >= 11 is 0. The molecular weight excluding hydrogens is 285 g/mol. The summed E-state index contributed by atoms with van der Waals surface area (Å²) in [6.07, 6.45) is -1.43. The third-order valence-corrected chi connectivity index (χ3v) is 3.23. The first-order valence-electron chi connectivity index (χ1n) is 6.08. The van der Waals surface area contributed by atoms with Gasteiger partial charge in [0.25, 0.3) is 0 Å². The third-order valence-electron chi connectivity index (χ3n) is 3.23. The van der Waals surface area contributed by atoms with Gasteiger partial charge in [-0.15, -0.1) is 0 Å². The highest BCUT2D eigenvalue weighted by atomic mass is 19.4. The molecule has 0 spiro atoms. The van der Waals surface area contributed by atoms with E-state index in [0.717, 1.165) is 12.1 Å². The first-order valence-corrected chi connectivity index (χ1v) is 6.08. The Bertz CT molecular complexity index is 803. The average Bonchev–Trinajstić information content (AvgIpc) is 3.01. The molecule has 2 aromatic heterocycles. The Balaban J connectivity index is 2.32. The van der Waals surface area contributed by atoms with Crippen molar-refractivity contribution in [2.24, 2.45) is 7.05 Å². The molecule has 0 saturated heterocycles. The molecular formula is C13H11F3N4O. The maximum Gasteiger partial charge on any atom is 0.416 e. The van der Waals surface area contributed by atoms with Gasteiger partial charge in [0, 0.05) is 24.2 Å². The van der Waals surface area contributed by atoms with Crippen LogP contribution in [0.2, 0.25) is 0 Å². The zero-order chi connectivity index (χ0) is 15.2. The normalized spacial score (nSPS) is 12.2. The predicted octanol–water partition coefficient (Wildman–Crippen LogP) is 2.47. The lowest BCUT2D eigenvalue weighted by Gasteiger charge is -2.10. The monoisotopic (exact) mass is 296 g/mol. The number of aliphatic hydroxyl groups excluding tert-OH is 1. The molecule has 0 fully saturated rings. The summed E-state index contributed by atoms with van der Waals surface area (Å²) in [5.41, 5.74) is 0.622. The molecule has 0 aliphatic heterocycles. The summed E-state index contributed by atoms with van der Waals surface area (Å²) in [7, 11) is 1.64. The molecule has 21 heavy (non-hydrogen) atoms. The fraction of sp³-hybridized carbons (Fsp3) is 0.231. The number of aliphatic hydroxyl groups is 1. The van der Waals surface area contributed by atoms with Gasteiger partial charge in [-0.2, -0.15) is 23.4 Å². The van der Waals surface area contributed by atoms with Crippen LogP contribution in [0.5, 0.6) is 0 Å². The van der Waals surface area contributed by atoms with Crippen molar-refractivity contribution in [1.29, 1.82) is 0 Å². The lowest BCUT2D eigenvalue weighted by atomic mass is 9.99. The van der Waals surface area contributed by atoms with Gasteiger partial charge in [-0.3, -0.25) is 9.78 Å². The molecule has 0 bridgehead atoms. The van der Waals surface area contributed by atoms with E-state index in [0.29, 0.717) is 22.2 Å². The minimum absolute atomic E-state index is 0.285. The molecule has 2 N–H and O–H groups in total. The van der Waals surface area contributed by atoms with Crippen molar-refractivity contribution in [2.75, 3.05) is 0 Å². The SMILES string of the molecule is Cn1cc(-c2cc(C(F)(F)F)cc3[nH]ncc23)c(CO)n1. The average molecular weight is 296 g/mol. The molecule has 8 heteroatoms. The molecule has 0 amide bonds. The van der Waals surface area contributed by atoms with Crippen molar-refractivity contribution in [3.05, 3.63) is 35.8 Å². The Morgan fingerprint density at radius 3 is 2.71 bits per heavy atom. The number of aromatic amines is 1. The van der Waals surface area contributed by atoms with Crippen LogP contribution < -0.4 is 0 Å². The van der Waals surface area contributed by atoms with E-state index in [9.17, 15) is 18.3 Å². The minimum Gasteiger partial charge on any atom is -0.390 e. The molecule has 0 saturated carbocycles. The number of fused-ring (bicyclic) bond motifs is 1. The lowest BCUT2D eigenvalue weighted by Crippen LogP contribution is -2.05. The summed E-state index contributed by atoms with van der Waals surface area (Å²) in [6, 6.07) is 2.06.